The van der Waals surface area contributed by atoms with Crippen molar-refractivity contribution in [3.05, 3.63) is 57.6 Å². The zero-order chi connectivity index (χ0) is 15.9. The van der Waals surface area contributed by atoms with E-state index in [1.54, 1.807) is 12.1 Å². The van der Waals surface area contributed by atoms with Gasteiger partial charge in [-0.05, 0) is 31.2 Å². The number of aromatic carboxylic acids is 1. The van der Waals surface area contributed by atoms with Crippen molar-refractivity contribution >= 4 is 22.8 Å². The summed E-state index contributed by atoms with van der Waals surface area (Å²) >= 11 is 0. The molecule has 1 aromatic carbocycles. The standard InChI is InChI=1S/C15H10N2O5/c1-8-2-3-11-9(6-8)10(15(18)19)7-12(16-11)13-4-5-14(22-13)17(20)21/h2-7H,1H3,(H,18,19). The maximum atomic E-state index is 11.5. The van der Waals surface area contributed by atoms with Crippen molar-refractivity contribution in [1.29, 1.82) is 0 Å². The van der Waals surface area contributed by atoms with Gasteiger partial charge in [0.2, 0.25) is 0 Å². The van der Waals surface area contributed by atoms with Gasteiger partial charge in [0.05, 0.1) is 17.1 Å². The Bertz CT molecular complexity index is 913. The van der Waals surface area contributed by atoms with Gasteiger partial charge in [0.25, 0.3) is 0 Å². The molecule has 110 valence electrons. The number of hydrogen-bond donors (Lipinski definition) is 1. The van der Waals surface area contributed by atoms with Gasteiger partial charge in [0.1, 0.15) is 10.6 Å². The average molecular weight is 298 g/mol. The summed E-state index contributed by atoms with van der Waals surface area (Å²) in [7, 11) is 0. The first kappa shape index (κ1) is 13.7. The Balaban J connectivity index is 2.24. The summed E-state index contributed by atoms with van der Waals surface area (Å²) in [5.41, 5.74) is 1.71. The van der Waals surface area contributed by atoms with E-state index in [0.29, 0.717) is 10.9 Å². The van der Waals surface area contributed by atoms with Crippen molar-refractivity contribution in [2.75, 3.05) is 0 Å². The van der Waals surface area contributed by atoms with Crippen LogP contribution in [0.1, 0.15) is 15.9 Å². The Kier molecular flexibility index (Phi) is 3.10. The number of nitro groups is 1. The number of carboxylic acids is 1. The second-order valence-electron chi connectivity index (χ2n) is 4.78. The summed E-state index contributed by atoms with van der Waals surface area (Å²) in [5, 5.41) is 20.6. The Hall–Kier alpha value is -3.22. The third-order valence-electron chi connectivity index (χ3n) is 3.22. The molecule has 0 aliphatic rings. The lowest BCUT2D eigenvalue weighted by atomic mass is 10.0. The number of fused-ring (bicyclic) bond motifs is 1. The molecule has 7 heteroatoms. The number of rotatable bonds is 3. The highest BCUT2D eigenvalue weighted by Crippen LogP contribution is 2.29. The third-order valence-corrected chi connectivity index (χ3v) is 3.22. The first-order valence-electron chi connectivity index (χ1n) is 6.35. The van der Waals surface area contributed by atoms with Crippen LogP contribution in [0.2, 0.25) is 0 Å². The Morgan fingerprint density at radius 2 is 2.05 bits per heavy atom. The second kappa shape index (κ2) is 4.96. The minimum absolute atomic E-state index is 0.0720. The fourth-order valence-corrected chi connectivity index (χ4v) is 2.21. The molecule has 0 unspecified atom stereocenters. The minimum Gasteiger partial charge on any atom is -0.478 e. The molecule has 3 aromatic rings. The maximum absolute atomic E-state index is 11.5. The highest BCUT2D eigenvalue weighted by Gasteiger charge is 2.18. The molecule has 0 aliphatic heterocycles. The minimum atomic E-state index is -1.10. The monoisotopic (exact) mass is 298 g/mol. The average Bonchev–Trinajstić information content (AvgIpc) is 2.96. The first-order valence-corrected chi connectivity index (χ1v) is 6.35. The van der Waals surface area contributed by atoms with Gasteiger partial charge in [-0.3, -0.25) is 10.1 Å². The van der Waals surface area contributed by atoms with Crippen molar-refractivity contribution in [1.82, 2.24) is 4.98 Å². The van der Waals surface area contributed by atoms with Gasteiger partial charge in [-0.25, -0.2) is 9.78 Å². The molecule has 2 heterocycles. The number of nitrogens with zero attached hydrogens (tertiary/aromatic N) is 2. The molecule has 3 rings (SSSR count). The van der Waals surface area contributed by atoms with Crippen molar-refractivity contribution < 1.29 is 19.2 Å². The molecule has 7 nitrogen and oxygen atoms in total. The molecule has 0 atom stereocenters. The van der Waals surface area contributed by atoms with Crippen LogP contribution >= 0.6 is 0 Å². The number of aromatic nitrogens is 1. The van der Waals surface area contributed by atoms with E-state index in [0.717, 1.165) is 5.56 Å². The number of aryl methyl sites for hydroxylation is 1. The Labute approximate surface area is 124 Å². The van der Waals surface area contributed by atoms with Crippen LogP contribution in [0.4, 0.5) is 5.88 Å². The summed E-state index contributed by atoms with van der Waals surface area (Å²) in [6.45, 7) is 1.86. The lowest BCUT2D eigenvalue weighted by Gasteiger charge is -2.06. The van der Waals surface area contributed by atoms with Crippen LogP contribution in [-0.4, -0.2) is 21.0 Å². The van der Waals surface area contributed by atoms with Gasteiger partial charge >= 0.3 is 11.9 Å². The molecule has 1 N–H and O–H groups in total. The Morgan fingerprint density at radius 1 is 1.27 bits per heavy atom. The molecular formula is C15H10N2O5. The van der Waals surface area contributed by atoms with E-state index >= 15 is 0 Å². The van der Waals surface area contributed by atoms with Gasteiger partial charge in [0, 0.05) is 5.39 Å². The highest BCUT2D eigenvalue weighted by atomic mass is 16.6. The molecule has 0 fully saturated rings. The molecule has 0 aliphatic carbocycles. The van der Waals surface area contributed by atoms with E-state index in [-0.39, 0.29) is 17.0 Å². The van der Waals surface area contributed by atoms with E-state index in [9.17, 15) is 20.0 Å². The third kappa shape index (κ3) is 2.28. The predicted molar refractivity (Wildman–Crippen MR) is 77.8 cm³/mol. The van der Waals surface area contributed by atoms with Crippen LogP contribution in [0.5, 0.6) is 0 Å². The fourth-order valence-electron chi connectivity index (χ4n) is 2.21. The summed E-state index contributed by atoms with van der Waals surface area (Å²) in [6, 6.07) is 9.21. The van der Waals surface area contributed by atoms with Crippen molar-refractivity contribution in [2.45, 2.75) is 6.92 Å². The van der Waals surface area contributed by atoms with E-state index < -0.39 is 16.8 Å². The van der Waals surface area contributed by atoms with Gasteiger partial charge < -0.3 is 9.52 Å². The van der Waals surface area contributed by atoms with Crippen molar-refractivity contribution in [2.24, 2.45) is 0 Å². The molecule has 2 aromatic heterocycles. The van der Waals surface area contributed by atoms with Crippen LogP contribution < -0.4 is 0 Å². The lowest BCUT2D eigenvalue weighted by molar-refractivity contribution is -0.401. The molecule has 0 amide bonds. The SMILES string of the molecule is Cc1ccc2nc(-c3ccc([N+](=O)[O-])o3)cc(C(=O)O)c2c1. The molecular weight excluding hydrogens is 288 g/mol. The molecule has 22 heavy (non-hydrogen) atoms. The Morgan fingerprint density at radius 3 is 2.68 bits per heavy atom. The van der Waals surface area contributed by atoms with E-state index in [4.69, 9.17) is 4.42 Å². The van der Waals surface area contributed by atoms with Gasteiger partial charge in [-0.2, -0.15) is 0 Å². The number of pyridine rings is 1. The quantitative estimate of drug-likeness (QED) is 0.586. The van der Waals surface area contributed by atoms with Gasteiger partial charge in [0.15, 0.2) is 5.76 Å². The topological polar surface area (TPSA) is 106 Å². The molecule has 0 bridgehead atoms. The zero-order valence-electron chi connectivity index (χ0n) is 11.4. The van der Waals surface area contributed by atoms with E-state index in [2.05, 4.69) is 4.98 Å². The van der Waals surface area contributed by atoms with Crippen molar-refractivity contribution in [3.8, 4) is 11.5 Å². The number of hydrogen-bond acceptors (Lipinski definition) is 5. The lowest BCUT2D eigenvalue weighted by Crippen LogP contribution is -2.00. The molecule has 0 spiro atoms. The maximum Gasteiger partial charge on any atom is 0.433 e. The highest BCUT2D eigenvalue weighted by molar-refractivity contribution is 6.03. The largest absolute Gasteiger partial charge is 0.478 e. The van der Waals surface area contributed by atoms with Gasteiger partial charge in [-0.1, -0.05) is 11.6 Å². The van der Waals surface area contributed by atoms with Crippen LogP contribution in [0, 0.1) is 17.0 Å². The summed E-state index contributed by atoms with van der Waals surface area (Å²) < 4.78 is 5.08. The second-order valence-corrected chi connectivity index (χ2v) is 4.78. The number of benzene rings is 1. The van der Waals surface area contributed by atoms with Crippen LogP contribution in [0.15, 0.2) is 40.8 Å². The van der Waals surface area contributed by atoms with E-state index in [1.807, 2.05) is 13.0 Å². The molecule has 0 saturated heterocycles. The summed E-state index contributed by atoms with van der Waals surface area (Å²) in [4.78, 5) is 25.8. The predicted octanol–water partition coefficient (Wildman–Crippen LogP) is 3.41. The normalized spacial score (nSPS) is 10.8. The summed E-state index contributed by atoms with van der Waals surface area (Å²) in [6.07, 6.45) is 0. The molecule has 0 saturated carbocycles. The van der Waals surface area contributed by atoms with E-state index in [1.165, 1.54) is 18.2 Å². The number of furan rings is 1. The first-order chi connectivity index (χ1) is 10.5. The van der Waals surface area contributed by atoms with Gasteiger partial charge in [-0.15, -0.1) is 0 Å². The number of carboxylic acid groups (broad SMARTS) is 1. The van der Waals surface area contributed by atoms with Crippen LogP contribution in [0.3, 0.4) is 0 Å². The van der Waals surface area contributed by atoms with Crippen LogP contribution in [0.25, 0.3) is 22.4 Å². The number of carbonyl (C=O) groups is 1. The fraction of sp³-hybridized carbons (Fsp3) is 0.0667. The molecule has 0 radical (unpaired) electrons. The summed E-state index contributed by atoms with van der Waals surface area (Å²) in [5.74, 6) is -1.37. The van der Waals surface area contributed by atoms with Crippen LogP contribution in [-0.2, 0) is 0 Å². The smallest absolute Gasteiger partial charge is 0.433 e. The zero-order valence-corrected chi connectivity index (χ0v) is 11.4. The van der Waals surface area contributed by atoms with Crippen molar-refractivity contribution in [3.63, 3.8) is 0 Å².